The highest BCUT2D eigenvalue weighted by molar-refractivity contribution is 5.66. The molecule has 0 aromatic heterocycles. The summed E-state index contributed by atoms with van der Waals surface area (Å²) in [6.07, 6.45) is 6.98. The molecule has 0 unspecified atom stereocenters. The van der Waals surface area contributed by atoms with Crippen molar-refractivity contribution in [2.24, 2.45) is 5.41 Å². The van der Waals surface area contributed by atoms with Crippen LogP contribution in [0.3, 0.4) is 0 Å². The minimum absolute atomic E-state index is 0.0630. The van der Waals surface area contributed by atoms with E-state index >= 15 is 0 Å². The average Bonchev–Trinajstić information content (AvgIpc) is 2.15. The maximum atomic E-state index is 10.6. The lowest BCUT2D eigenvalue weighted by Crippen LogP contribution is -2.21. The van der Waals surface area contributed by atoms with E-state index in [2.05, 4.69) is 6.07 Å². The Morgan fingerprint density at radius 1 is 1.43 bits per heavy atom. The first-order chi connectivity index (χ1) is 6.60. The zero-order valence-corrected chi connectivity index (χ0v) is 8.78. The molecular formula is C11H15NO2. The molecule has 0 atom stereocenters. The molecule has 0 aliphatic carbocycles. The molecule has 3 heteroatoms. The summed E-state index contributed by atoms with van der Waals surface area (Å²) in [5, 5.41) is 9.01. The maximum Gasteiger partial charge on any atom is 0.302 e. The molecule has 0 aliphatic rings. The number of carbonyl (C=O) groups excluding carboxylic acids is 1. The van der Waals surface area contributed by atoms with Crippen molar-refractivity contribution in [2.75, 3.05) is 6.61 Å². The molecule has 0 amide bonds. The average molecular weight is 193 g/mol. The van der Waals surface area contributed by atoms with Crippen LogP contribution in [0.1, 0.15) is 20.8 Å². The van der Waals surface area contributed by atoms with Gasteiger partial charge in [0.05, 0.1) is 6.07 Å². The van der Waals surface area contributed by atoms with Crippen LogP contribution in [0.2, 0.25) is 0 Å². The summed E-state index contributed by atoms with van der Waals surface area (Å²) in [6.45, 7) is 5.04. The molecule has 76 valence electrons. The molecule has 0 bridgehead atoms. The second-order valence-corrected chi connectivity index (χ2v) is 2.93. The highest BCUT2D eigenvalue weighted by Crippen LogP contribution is 2.21. The Bertz CT molecular complexity index is 272. The fourth-order valence-electron chi connectivity index (χ4n) is 1.07. The van der Waals surface area contributed by atoms with E-state index in [9.17, 15) is 4.79 Å². The van der Waals surface area contributed by atoms with Crippen LogP contribution in [-0.2, 0) is 9.53 Å². The Hall–Kier alpha value is -1.56. The van der Waals surface area contributed by atoms with Gasteiger partial charge in [-0.05, 0) is 13.8 Å². The highest BCUT2D eigenvalue weighted by Gasteiger charge is 2.24. The highest BCUT2D eigenvalue weighted by atomic mass is 16.5. The van der Waals surface area contributed by atoms with Crippen molar-refractivity contribution < 1.29 is 9.53 Å². The van der Waals surface area contributed by atoms with Gasteiger partial charge in [0.2, 0.25) is 0 Å². The van der Waals surface area contributed by atoms with Crippen molar-refractivity contribution in [2.45, 2.75) is 20.8 Å². The molecule has 0 spiro atoms. The predicted molar refractivity (Wildman–Crippen MR) is 54.3 cm³/mol. The second kappa shape index (κ2) is 5.98. The third kappa shape index (κ3) is 3.90. The molecule has 0 fully saturated rings. The Labute approximate surface area is 84.7 Å². The first-order valence-corrected chi connectivity index (χ1v) is 4.42. The molecular weight excluding hydrogens is 178 g/mol. The Kier molecular flexibility index (Phi) is 5.31. The summed E-state index contributed by atoms with van der Waals surface area (Å²) in [6, 6.07) is 2.12. The molecule has 0 aliphatic heterocycles. The van der Waals surface area contributed by atoms with Gasteiger partial charge in [0.25, 0.3) is 0 Å². The quantitative estimate of drug-likeness (QED) is 0.508. The van der Waals surface area contributed by atoms with E-state index in [4.69, 9.17) is 10.00 Å². The SMILES string of the molecule is CC=CC(C#N)(C=CC)COC(C)=O. The third-order valence-electron chi connectivity index (χ3n) is 1.65. The summed E-state index contributed by atoms with van der Waals surface area (Å²) in [5.74, 6) is -0.376. The minimum Gasteiger partial charge on any atom is -0.463 e. The van der Waals surface area contributed by atoms with Gasteiger partial charge in [-0.2, -0.15) is 5.26 Å². The number of nitriles is 1. The Morgan fingerprint density at radius 3 is 2.21 bits per heavy atom. The Morgan fingerprint density at radius 2 is 1.93 bits per heavy atom. The van der Waals surface area contributed by atoms with Crippen LogP contribution in [0.15, 0.2) is 24.3 Å². The minimum atomic E-state index is -0.824. The van der Waals surface area contributed by atoms with Gasteiger partial charge in [0.1, 0.15) is 12.0 Å². The number of carbonyl (C=O) groups is 1. The van der Waals surface area contributed by atoms with Gasteiger partial charge < -0.3 is 4.74 Å². The van der Waals surface area contributed by atoms with Gasteiger partial charge in [0, 0.05) is 6.92 Å². The van der Waals surface area contributed by atoms with Crippen LogP contribution >= 0.6 is 0 Å². The van der Waals surface area contributed by atoms with Gasteiger partial charge >= 0.3 is 5.97 Å². The van der Waals surface area contributed by atoms with Crippen molar-refractivity contribution in [3.05, 3.63) is 24.3 Å². The van der Waals surface area contributed by atoms with E-state index in [0.717, 1.165) is 0 Å². The summed E-state index contributed by atoms with van der Waals surface area (Å²) >= 11 is 0. The molecule has 0 radical (unpaired) electrons. The van der Waals surface area contributed by atoms with Crippen molar-refractivity contribution in [3.8, 4) is 6.07 Å². The van der Waals surface area contributed by atoms with E-state index in [1.54, 1.807) is 24.3 Å². The lowest BCUT2D eigenvalue weighted by Gasteiger charge is -2.17. The van der Waals surface area contributed by atoms with Crippen molar-refractivity contribution in [1.29, 1.82) is 5.26 Å². The fraction of sp³-hybridized carbons (Fsp3) is 0.455. The van der Waals surface area contributed by atoms with Gasteiger partial charge in [-0.1, -0.05) is 24.3 Å². The van der Waals surface area contributed by atoms with Crippen LogP contribution in [0.5, 0.6) is 0 Å². The number of rotatable bonds is 4. The molecule has 0 N–H and O–H groups in total. The lowest BCUT2D eigenvalue weighted by molar-refractivity contribution is -0.142. The van der Waals surface area contributed by atoms with E-state index in [-0.39, 0.29) is 12.6 Å². The molecule has 0 aromatic carbocycles. The molecule has 0 saturated carbocycles. The van der Waals surface area contributed by atoms with Gasteiger partial charge in [-0.25, -0.2) is 0 Å². The van der Waals surface area contributed by atoms with Crippen molar-refractivity contribution >= 4 is 5.97 Å². The molecule has 14 heavy (non-hydrogen) atoms. The van der Waals surface area contributed by atoms with Gasteiger partial charge in [0.15, 0.2) is 0 Å². The predicted octanol–water partition coefficient (Wildman–Crippen LogP) is 2.21. The van der Waals surface area contributed by atoms with Crippen LogP contribution in [0, 0.1) is 16.7 Å². The molecule has 0 heterocycles. The first kappa shape index (κ1) is 12.4. The van der Waals surface area contributed by atoms with Crippen LogP contribution in [0.25, 0.3) is 0 Å². The second-order valence-electron chi connectivity index (χ2n) is 2.93. The molecule has 0 rings (SSSR count). The van der Waals surface area contributed by atoms with E-state index in [0.29, 0.717) is 0 Å². The summed E-state index contributed by atoms with van der Waals surface area (Å²) in [5.41, 5.74) is -0.824. The van der Waals surface area contributed by atoms with Crippen LogP contribution < -0.4 is 0 Å². The smallest absolute Gasteiger partial charge is 0.302 e. The van der Waals surface area contributed by atoms with Crippen molar-refractivity contribution in [1.82, 2.24) is 0 Å². The topological polar surface area (TPSA) is 50.1 Å². The number of allylic oxidation sites excluding steroid dienone is 2. The van der Waals surface area contributed by atoms with Crippen LogP contribution in [-0.4, -0.2) is 12.6 Å². The van der Waals surface area contributed by atoms with Crippen LogP contribution in [0.4, 0.5) is 0 Å². The van der Waals surface area contributed by atoms with E-state index < -0.39 is 5.41 Å². The van der Waals surface area contributed by atoms with Crippen molar-refractivity contribution in [3.63, 3.8) is 0 Å². The molecule has 3 nitrogen and oxygen atoms in total. The first-order valence-electron chi connectivity index (χ1n) is 4.42. The lowest BCUT2D eigenvalue weighted by atomic mass is 9.90. The van der Waals surface area contributed by atoms with E-state index in [1.165, 1.54) is 6.92 Å². The normalized spacial score (nSPS) is 15.3. The fourth-order valence-corrected chi connectivity index (χ4v) is 1.07. The zero-order valence-electron chi connectivity index (χ0n) is 8.78. The number of esters is 1. The summed E-state index contributed by atoms with van der Waals surface area (Å²) < 4.78 is 4.84. The maximum absolute atomic E-state index is 10.6. The van der Waals surface area contributed by atoms with Gasteiger partial charge in [-0.3, -0.25) is 4.79 Å². The summed E-state index contributed by atoms with van der Waals surface area (Å²) in [7, 11) is 0. The standard InChI is InChI=1S/C11H15NO2/c1-4-6-11(8-12,7-5-2)9-14-10(3)13/h4-7H,9H2,1-3H3. The number of hydrogen-bond acceptors (Lipinski definition) is 3. The number of hydrogen-bond donors (Lipinski definition) is 0. The monoisotopic (exact) mass is 193 g/mol. The van der Waals surface area contributed by atoms with E-state index in [1.807, 2.05) is 13.8 Å². The zero-order chi connectivity index (χ0) is 11.0. The summed E-state index contributed by atoms with van der Waals surface area (Å²) in [4.78, 5) is 10.6. The molecule has 0 aromatic rings. The third-order valence-corrected chi connectivity index (χ3v) is 1.65. The van der Waals surface area contributed by atoms with Gasteiger partial charge in [-0.15, -0.1) is 0 Å². The molecule has 0 saturated heterocycles. The largest absolute Gasteiger partial charge is 0.463 e. The Balaban J connectivity index is 4.69. The number of nitrogens with zero attached hydrogens (tertiary/aromatic N) is 1. The number of ether oxygens (including phenoxy) is 1.